The summed E-state index contributed by atoms with van der Waals surface area (Å²) in [7, 11) is 0. The molecule has 0 atom stereocenters. The van der Waals surface area contributed by atoms with Crippen molar-refractivity contribution in [3.8, 4) is 17.1 Å². The van der Waals surface area contributed by atoms with Crippen LogP contribution in [0.15, 0.2) is 72.8 Å². The van der Waals surface area contributed by atoms with Gasteiger partial charge >= 0.3 is 5.65 Å². The largest absolute Gasteiger partial charge is 0.328 e. The van der Waals surface area contributed by atoms with Gasteiger partial charge in [0.1, 0.15) is 22.8 Å². The molecule has 0 fully saturated rings. The highest BCUT2D eigenvalue weighted by Gasteiger charge is 2.24. The SMILES string of the molecule is Fc1ccc(-c2[nH]c3nc4ccccc4nc3[n+]2-c2cccc(F)c2)cc1. The third-order valence-electron chi connectivity index (χ3n) is 4.41. The Morgan fingerprint density at radius 1 is 0.741 bits per heavy atom. The van der Waals surface area contributed by atoms with Gasteiger partial charge in [0.15, 0.2) is 5.52 Å². The molecule has 0 saturated carbocycles. The van der Waals surface area contributed by atoms with Crippen LogP contribution in [-0.4, -0.2) is 15.0 Å². The number of H-pyrrole nitrogens is 1. The minimum atomic E-state index is -0.354. The lowest BCUT2D eigenvalue weighted by Crippen LogP contribution is -2.32. The summed E-state index contributed by atoms with van der Waals surface area (Å²) in [6, 6.07) is 19.9. The van der Waals surface area contributed by atoms with E-state index in [1.807, 2.05) is 24.3 Å². The molecule has 6 heteroatoms. The predicted octanol–water partition coefficient (Wildman–Crippen LogP) is 4.33. The molecule has 1 N–H and O–H groups in total. The van der Waals surface area contributed by atoms with E-state index in [1.165, 1.54) is 24.3 Å². The Kier molecular flexibility index (Phi) is 3.43. The van der Waals surface area contributed by atoms with E-state index >= 15 is 0 Å². The van der Waals surface area contributed by atoms with E-state index in [-0.39, 0.29) is 11.6 Å². The van der Waals surface area contributed by atoms with Crippen LogP contribution in [0.1, 0.15) is 0 Å². The van der Waals surface area contributed by atoms with Crippen LogP contribution in [0.3, 0.4) is 0 Å². The molecule has 0 amide bonds. The van der Waals surface area contributed by atoms with Crippen LogP contribution in [0.5, 0.6) is 0 Å². The molecule has 0 unspecified atom stereocenters. The van der Waals surface area contributed by atoms with Gasteiger partial charge in [-0.15, -0.1) is 0 Å². The van der Waals surface area contributed by atoms with Crippen LogP contribution in [0.25, 0.3) is 39.4 Å². The second kappa shape index (κ2) is 5.95. The number of halogens is 2. The fourth-order valence-electron chi connectivity index (χ4n) is 3.18. The Bertz CT molecular complexity index is 1290. The van der Waals surface area contributed by atoms with Gasteiger partial charge in [0, 0.05) is 11.6 Å². The lowest BCUT2D eigenvalue weighted by atomic mass is 10.2. The van der Waals surface area contributed by atoms with E-state index in [9.17, 15) is 8.78 Å². The first-order valence-corrected chi connectivity index (χ1v) is 8.41. The number of aromatic amines is 1. The second-order valence-corrected chi connectivity index (χ2v) is 6.18. The van der Waals surface area contributed by atoms with Gasteiger partial charge in [-0.2, -0.15) is 4.57 Å². The van der Waals surface area contributed by atoms with E-state index in [2.05, 4.69) is 9.97 Å². The molecule has 5 rings (SSSR count). The Hall–Kier alpha value is -3.67. The minimum Gasteiger partial charge on any atom is -0.251 e. The van der Waals surface area contributed by atoms with Gasteiger partial charge in [-0.25, -0.2) is 13.8 Å². The molecule has 4 nitrogen and oxygen atoms in total. The van der Waals surface area contributed by atoms with Gasteiger partial charge in [-0.3, -0.25) is 4.98 Å². The molecule has 5 aromatic rings. The maximum atomic E-state index is 13.9. The first kappa shape index (κ1) is 15.6. The number of imidazole rings is 1. The molecule has 0 saturated heterocycles. The summed E-state index contributed by atoms with van der Waals surface area (Å²) < 4.78 is 29.1. The fraction of sp³-hybridized carbons (Fsp3) is 0. The van der Waals surface area contributed by atoms with Crippen molar-refractivity contribution in [2.24, 2.45) is 0 Å². The molecule has 0 radical (unpaired) electrons. The number of para-hydroxylation sites is 2. The van der Waals surface area contributed by atoms with Crippen molar-refractivity contribution in [2.75, 3.05) is 0 Å². The number of hydrogen-bond acceptors (Lipinski definition) is 2. The fourth-order valence-corrected chi connectivity index (χ4v) is 3.18. The van der Waals surface area contributed by atoms with Crippen molar-refractivity contribution in [2.45, 2.75) is 0 Å². The van der Waals surface area contributed by atoms with Gasteiger partial charge in [0.2, 0.25) is 5.82 Å². The molecule has 0 spiro atoms. The van der Waals surface area contributed by atoms with Gasteiger partial charge in [-0.1, -0.05) is 23.2 Å². The van der Waals surface area contributed by atoms with Gasteiger partial charge in [0.25, 0.3) is 5.65 Å². The van der Waals surface area contributed by atoms with Gasteiger partial charge in [0.05, 0.1) is 0 Å². The van der Waals surface area contributed by atoms with Gasteiger partial charge in [-0.05, 0) is 48.5 Å². The molecule has 0 bridgehead atoms. The average Bonchev–Trinajstić information content (AvgIpc) is 3.05. The van der Waals surface area contributed by atoms with Gasteiger partial charge < -0.3 is 0 Å². The van der Waals surface area contributed by atoms with Crippen molar-refractivity contribution in [3.63, 3.8) is 0 Å². The van der Waals surface area contributed by atoms with E-state index in [4.69, 9.17) is 4.98 Å². The quantitative estimate of drug-likeness (QED) is 0.477. The Morgan fingerprint density at radius 2 is 1.48 bits per heavy atom. The number of aromatic nitrogens is 4. The lowest BCUT2D eigenvalue weighted by molar-refractivity contribution is -0.557. The Labute approximate surface area is 152 Å². The number of nitrogens with zero attached hydrogens (tertiary/aromatic N) is 3. The molecule has 3 aromatic carbocycles. The third kappa shape index (κ3) is 2.62. The lowest BCUT2D eigenvalue weighted by Gasteiger charge is -2.03. The summed E-state index contributed by atoms with van der Waals surface area (Å²) in [5, 5.41) is 0. The summed E-state index contributed by atoms with van der Waals surface area (Å²) >= 11 is 0. The standard InChI is InChI=1S/C21H12F2N4/c22-14-10-8-13(9-11-14)20-26-19-21(25-18-7-2-1-6-17(18)24-19)27(20)16-5-3-4-15(23)12-16/h1-12H/p+1. The van der Waals surface area contributed by atoms with Crippen molar-refractivity contribution in [1.29, 1.82) is 0 Å². The Balaban J connectivity index is 1.88. The van der Waals surface area contributed by atoms with E-state index in [0.717, 1.165) is 16.6 Å². The number of fused-ring (bicyclic) bond motifs is 2. The molecular weight excluding hydrogens is 346 g/mol. The van der Waals surface area contributed by atoms with E-state index < -0.39 is 0 Å². The summed E-state index contributed by atoms with van der Waals surface area (Å²) in [6.45, 7) is 0. The average molecular weight is 359 g/mol. The summed E-state index contributed by atoms with van der Waals surface area (Å²) in [5.74, 6) is -0.0341. The normalized spacial score (nSPS) is 11.3. The molecular formula is C21H13F2N4+. The zero-order valence-corrected chi connectivity index (χ0v) is 14.0. The molecule has 0 aliphatic heterocycles. The zero-order chi connectivity index (χ0) is 18.4. The maximum absolute atomic E-state index is 13.9. The highest BCUT2D eigenvalue weighted by Crippen LogP contribution is 2.22. The number of benzene rings is 3. The van der Waals surface area contributed by atoms with Crippen molar-refractivity contribution < 1.29 is 13.3 Å². The van der Waals surface area contributed by atoms with Crippen LogP contribution < -0.4 is 4.57 Å². The molecule has 2 aromatic heterocycles. The van der Waals surface area contributed by atoms with Crippen molar-refractivity contribution in [3.05, 3.63) is 84.4 Å². The van der Waals surface area contributed by atoms with Crippen molar-refractivity contribution >= 4 is 22.3 Å². The van der Waals surface area contributed by atoms with E-state index in [1.54, 1.807) is 28.8 Å². The number of rotatable bonds is 2. The smallest absolute Gasteiger partial charge is 0.251 e. The van der Waals surface area contributed by atoms with E-state index in [0.29, 0.717) is 22.8 Å². The monoisotopic (exact) mass is 359 g/mol. The predicted molar refractivity (Wildman–Crippen MR) is 98.3 cm³/mol. The number of hydrogen-bond donors (Lipinski definition) is 1. The van der Waals surface area contributed by atoms with Crippen molar-refractivity contribution in [1.82, 2.24) is 15.0 Å². The molecule has 130 valence electrons. The molecule has 0 aliphatic rings. The second-order valence-electron chi connectivity index (χ2n) is 6.18. The van der Waals surface area contributed by atoms with Crippen LogP contribution in [0.4, 0.5) is 8.78 Å². The summed E-state index contributed by atoms with van der Waals surface area (Å²) in [4.78, 5) is 12.6. The highest BCUT2D eigenvalue weighted by molar-refractivity contribution is 5.82. The third-order valence-corrected chi connectivity index (χ3v) is 4.41. The first-order chi connectivity index (χ1) is 13.2. The molecule has 0 aliphatic carbocycles. The van der Waals surface area contributed by atoms with Crippen LogP contribution in [-0.2, 0) is 0 Å². The summed E-state index contributed by atoms with van der Waals surface area (Å²) in [6.07, 6.45) is 0. The Morgan fingerprint density at radius 3 is 2.22 bits per heavy atom. The first-order valence-electron chi connectivity index (χ1n) is 8.41. The number of nitrogens with one attached hydrogen (secondary N) is 1. The van der Waals surface area contributed by atoms with Crippen LogP contribution in [0.2, 0.25) is 0 Å². The van der Waals surface area contributed by atoms with Crippen LogP contribution in [0, 0.1) is 11.6 Å². The molecule has 27 heavy (non-hydrogen) atoms. The molecule has 2 heterocycles. The highest BCUT2D eigenvalue weighted by atomic mass is 19.1. The minimum absolute atomic E-state index is 0.325. The topological polar surface area (TPSA) is 45.5 Å². The van der Waals surface area contributed by atoms with Crippen LogP contribution >= 0.6 is 0 Å². The maximum Gasteiger partial charge on any atom is 0.328 e. The summed E-state index contributed by atoms with van der Waals surface area (Å²) in [5.41, 5.74) is 3.97. The zero-order valence-electron chi connectivity index (χ0n) is 14.0.